The molecule has 0 fully saturated rings. The summed E-state index contributed by atoms with van der Waals surface area (Å²) in [6.45, 7) is 4.06. The van der Waals surface area contributed by atoms with Crippen molar-refractivity contribution in [3.05, 3.63) is 87.9 Å². The van der Waals surface area contributed by atoms with E-state index >= 15 is 0 Å². The maximum absolute atomic E-state index is 12.6. The fraction of sp³-hybridized carbons (Fsp3) is 0.115. The lowest BCUT2D eigenvalue weighted by molar-refractivity contribution is -0.115. The lowest BCUT2D eigenvalue weighted by Crippen LogP contribution is -2.14. The van der Waals surface area contributed by atoms with Gasteiger partial charge in [-0.3, -0.25) is 4.79 Å². The number of nitrogens with one attached hydrogen (secondary N) is 1. The van der Waals surface area contributed by atoms with Crippen LogP contribution in [0.15, 0.2) is 70.6 Å². The molecule has 1 N–H and O–H groups in total. The smallest absolute Gasteiger partial charge is 0.230 e. The van der Waals surface area contributed by atoms with Gasteiger partial charge >= 0.3 is 0 Å². The Hall–Kier alpha value is -3.48. The van der Waals surface area contributed by atoms with Crippen molar-refractivity contribution in [2.45, 2.75) is 20.3 Å². The molecule has 33 heavy (non-hydrogen) atoms. The van der Waals surface area contributed by atoms with E-state index in [1.54, 1.807) is 11.3 Å². The first kappa shape index (κ1) is 21.4. The highest BCUT2D eigenvalue weighted by Gasteiger charge is 2.14. The van der Waals surface area contributed by atoms with Crippen LogP contribution in [0.3, 0.4) is 0 Å². The third kappa shape index (κ3) is 4.53. The number of amides is 1. The number of hydrogen-bond acceptors (Lipinski definition) is 5. The van der Waals surface area contributed by atoms with Crippen LogP contribution < -0.4 is 5.32 Å². The van der Waals surface area contributed by atoms with Gasteiger partial charge in [0.1, 0.15) is 10.7 Å². The number of rotatable bonds is 5. The quantitative estimate of drug-likeness (QED) is 0.296. The highest BCUT2D eigenvalue weighted by Crippen LogP contribution is 2.30. The molecule has 0 radical (unpaired) electrons. The number of aromatic nitrogens is 2. The number of halogens is 1. The van der Waals surface area contributed by atoms with Crippen molar-refractivity contribution < 1.29 is 9.32 Å². The average molecular weight is 474 g/mol. The van der Waals surface area contributed by atoms with Gasteiger partial charge in [0.15, 0.2) is 5.58 Å². The zero-order chi connectivity index (χ0) is 22.9. The van der Waals surface area contributed by atoms with Crippen LogP contribution in [0.4, 0.5) is 5.69 Å². The SMILES string of the molecule is Cc1cc2onc(CC(=O)Nc3ccc(-c4csc(-c5ccc(Cl)cc5)n4)cc3)c2cc1C. The Kier molecular flexibility index (Phi) is 5.70. The van der Waals surface area contributed by atoms with E-state index < -0.39 is 0 Å². The van der Waals surface area contributed by atoms with Crippen LogP contribution in [-0.4, -0.2) is 16.0 Å². The number of anilines is 1. The number of benzene rings is 3. The van der Waals surface area contributed by atoms with Crippen LogP contribution >= 0.6 is 22.9 Å². The largest absolute Gasteiger partial charge is 0.356 e. The Morgan fingerprint density at radius 1 is 1.00 bits per heavy atom. The molecule has 0 bridgehead atoms. The molecule has 7 heteroatoms. The topological polar surface area (TPSA) is 68.0 Å². The van der Waals surface area contributed by atoms with Gasteiger partial charge in [-0.05, 0) is 61.4 Å². The van der Waals surface area contributed by atoms with E-state index in [9.17, 15) is 4.79 Å². The molecule has 0 spiro atoms. The minimum Gasteiger partial charge on any atom is -0.356 e. The van der Waals surface area contributed by atoms with Gasteiger partial charge in [0.25, 0.3) is 0 Å². The van der Waals surface area contributed by atoms with Crippen molar-refractivity contribution in [2.75, 3.05) is 5.32 Å². The standard InChI is InChI=1S/C26H20ClN3O2S/c1-15-11-21-22(30-32-24(21)12-16(15)2)13-25(31)28-20-9-5-17(6-10-20)23-14-33-26(29-23)18-3-7-19(27)8-4-18/h3-12,14H,13H2,1-2H3,(H,28,31). The van der Waals surface area contributed by atoms with Crippen molar-refractivity contribution in [1.29, 1.82) is 0 Å². The van der Waals surface area contributed by atoms with Crippen molar-refractivity contribution in [1.82, 2.24) is 10.1 Å². The summed E-state index contributed by atoms with van der Waals surface area (Å²) in [7, 11) is 0. The highest BCUT2D eigenvalue weighted by molar-refractivity contribution is 7.13. The number of thiazole rings is 1. The third-order valence-corrected chi connectivity index (χ3v) is 6.69. The van der Waals surface area contributed by atoms with Gasteiger partial charge in [-0.15, -0.1) is 11.3 Å². The van der Waals surface area contributed by atoms with Gasteiger partial charge in [-0.2, -0.15) is 0 Å². The second-order valence-electron chi connectivity index (χ2n) is 7.91. The minimum absolute atomic E-state index is 0.144. The Morgan fingerprint density at radius 2 is 1.70 bits per heavy atom. The molecule has 0 unspecified atom stereocenters. The molecule has 0 atom stereocenters. The first-order chi connectivity index (χ1) is 16.0. The average Bonchev–Trinajstić information content (AvgIpc) is 3.43. The number of carbonyl (C=O) groups is 1. The molecule has 0 saturated heterocycles. The van der Waals surface area contributed by atoms with Crippen LogP contribution in [0.25, 0.3) is 32.8 Å². The van der Waals surface area contributed by atoms with Gasteiger partial charge in [0, 0.05) is 32.6 Å². The molecule has 1 amide bonds. The number of fused-ring (bicyclic) bond motifs is 1. The van der Waals surface area contributed by atoms with Crippen LogP contribution in [0.1, 0.15) is 16.8 Å². The van der Waals surface area contributed by atoms with E-state index in [0.29, 0.717) is 16.3 Å². The summed E-state index contributed by atoms with van der Waals surface area (Å²) in [5, 5.41) is 11.6. The molecule has 2 heterocycles. The van der Waals surface area contributed by atoms with Gasteiger partial charge in [0.2, 0.25) is 5.91 Å². The molecule has 0 aliphatic heterocycles. The number of hydrogen-bond donors (Lipinski definition) is 1. The zero-order valence-corrected chi connectivity index (χ0v) is 19.6. The normalized spacial score (nSPS) is 11.1. The molecule has 0 aliphatic carbocycles. The number of carbonyl (C=O) groups excluding carboxylic acids is 1. The molecular weight excluding hydrogens is 454 g/mol. The Balaban J connectivity index is 1.27. The van der Waals surface area contributed by atoms with Crippen LogP contribution in [-0.2, 0) is 11.2 Å². The number of aryl methyl sites for hydroxylation is 2. The fourth-order valence-corrected chi connectivity index (χ4v) is 4.55. The summed E-state index contributed by atoms with van der Waals surface area (Å²) in [6.07, 6.45) is 0.147. The summed E-state index contributed by atoms with van der Waals surface area (Å²) < 4.78 is 5.40. The predicted molar refractivity (Wildman–Crippen MR) is 134 cm³/mol. The molecule has 164 valence electrons. The Morgan fingerprint density at radius 3 is 2.45 bits per heavy atom. The second-order valence-corrected chi connectivity index (χ2v) is 9.20. The van der Waals surface area contributed by atoms with E-state index in [-0.39, 0.29) is 12.3 Å². The summed E-state index contributed by atoms with van der Waals surface area (Å²) in [6, 6.07) is 19.3. The predicted octanol–water partition coefficient (Wildman–Crippen LogP) is 7.07. The fourth-order valence-electron chi connectivity index (χ4n) is 3.58. The Labute approximate surface area is 200 Å². The molecule has 5 rings (SSSR count). The summed E-state index contributed by atoms with van der Waals surface area (Å²) in [5.74, 6) is -0.144. The summed E-state index contributed by atoms with van der Waals surface area (Å²) in [4.78, 5) is 17.3. The molecule has 3 aromatic carbocycles. The van der Waals surface area contributed by atoms with Gasteiger partial charge in [0.05, 0.1) is 12.1 Å². The van der Waals surface area contributed by atoms with Crippen molar-refractivity contribution in [2.24, 2.45) is 0 Å². The van der Waals surface area contributed by atoms with E-state index in [2.05, 4.69) is 10.5 Å². The van der Waals surface area contributed by atoms with E-state index in [1.807, 2.05) is 79.9 Å². The highest BCUT2D eigenvalue weighted by atomic mass is 35.5. The second kappa shape index (κ2) is 8.81. The molecule has 0 aliphatic rings. The van der Waals surface area contributed by atoms with Crippen molar-refractivity contribution in [3.63, 3.8) is 0 Å². The molecule has 5 nitrogen and oxygen atoms in total. The first-order valence-electron chi connectivity index (χ1n) is 10.4. The van der Waals surface area contributed by atoms with Crippen LogP contribution in [0.5, 0.6) is 0 Å². The van der Waals surface area contributed by atoms with Crippen molar-refractivity contribution >= 4 is 45.5 Å². The molecule has 5 aromatic rings. The van der Waals surface area contributed by atoms with Crippen LogP contribution in [0, 0.1) is 13.8 Å². The zero-order valence-electron chi connectivity index (χ0n) is 18.1. The maximum atomic E-state index is 12.6. The van der Waals surface area contributed by atoms with Gasteiger partial charge in [-0.25, -0.2) is 4.98 Å². The lowest BCUT2D eigenvalue weighted by atomic mass is 10.1. The first-order valence-corrected chi connectivity index (χ1v) is 11.7. The molecule has 2 aromatic heterocycles. The minimum atomic E-state index is -0.144. The number of nitrogens with zero attached hydrogens (tertiary/aromatic N) is 2. The van der Waals surface area contributed by atoms with Crippen LogP contribution in [0.2, 0.25) is 5.02 Å². The van der Waals surface area contributed by atoms with E-state index in [0.717, 1.165) is 44.0 Å². The third-order valence-electron chi connectivity index (χ3n) is 5.55. The molecular formula is C26H20ClN3O2S. The van der Waals surface area contributed by atoms with E-state index in [1.165, 1.54) is 0 Å². The monoisotopic (exact) mass is 473 g/mol. The summed E-state index contributed by atoms with van der Waals surface area (Å²) >= 11 is 7.56. The molecule has 0 saturated carbocycles. The maximum Gasteiger partial charge on any atom is 0.230 e. The van der Waals surface area contributed by atoms with E-state index in [4.69, 9.17) is 21.1 Å². The Bertz CT molecular complexity index is 1450. The van der Waals surface area contributed by atoms with Gasteiger partial charge < -0.3 is 9.84 Å². The van der Waals surface area contributed by atoms with Gasteiger partial charge in [-0.1, -0.05) is 41.0 Å². The summed E-state index contributed by atoms with van der Waals surface area (Å²) in [5.41, 5.74) is 7.24. The van der Waals surface area contributed by atoms with Crippen molar-refractivity contribution in [3.8, 4) is 21.8 Å². The lowest BCUT2D eigenvalue weighted by Gasteiger charge is -2.05.